The fourth-order valence-electron chi connectivity index (χ4n) is 2.48. The lowest BCUT2D eigenvalue weighted by Crippen LogP contribution is -2.12. The Morgan fingerprint density at radius 1 is 1.15 bits per heavy atom. The molecule has 1 N–H and O–H groups in total. The van der Waals surface area contributed by atoms with Gasteiger partial charge < -0.3 is 14.6 Å². The largest absolute Gasteiger partial charge is 0.493 e. The van der Waals surface area contributed by atoms with Crippen LogP contribution in [0.2, 0.25) is 0 Å². The summed E-state index contributed by atoms with van der Waals surface area (Å²) in [5, 5.41) is 6.86. The molecule has 0 aliphatic rings. The molecule has 3 rings (SSSR count). The van der Waals surface area contributed by atoms with Crippen molar-refractivity contribution >= 4 is 11.6 Å². The van der Waals surface area contributed by atoms with Crippen LogP contribution in [0.5, 0.6) is 5.75 Å². The molecule has 0 aliphatic heterocycles. The minimum absolute atomic E-state index is 0.0941. The minimum atomic E-state index is -0.0941. The van der Waals surface area contributed by atoms with Gasteiger partial charge in [0.25, 0.3) is 0 Å². The molecule has 3 aromatic rings. The molecule has 1 heterocycles. The predicted octanol–water partition coefficient (Wildman–Crippen LogP) is 4.02. The second kappa shape index (κ2) is 8.29. The molecular weight excluding hydrogens is 330 g/mol. The highest BCUT2D eigenvalue weighted by molar-refractivity contribution is 5.90. The molecule has 0 radical (unpaired) electrons. The van der Waals surface area contributed by atoms with Crippen LogP contribution in [0.15, 0.2) is 53.1 Å². The van der Waals surface area contributed by atoms with Crippen molar-refractivity contribution in [3.8, 4) is 17.1 Å². The molecule has 0 fully saturated rings. The molecule has 0 saturated carbocycles. The van der Waals surface area contributed by atoms with Gasteiger partial charge in [0.05, 0.1) is 12.2 Å². The highest BCUT2D eigenvalue weighted by Gasteiger charge is 2.14. The molecule has 26 heavy (non-hydrogen) atoms. The van der Waals surface area contributed by atoms with E-state index in [9.17, 15) is 4.79 Å². The van der Waals surface area contributed by atoms with Crippen molar-refractivity contribution in [2.75, 3.05) is 11.9 Å². The Bertz CT molecular complexity index is 872. The van der Waals surface area contributed by atoms with Gasteiger partial charge in [0.2, 0.25) is 17.6 Å². The fraction of sp³-hybridized carbons (Fsp3) is 0.250. The van der Waals surface area contributed by atoms with E-state index in [0.29, 0.717) is 30.5 Å². The normalized spacial score (nSPS) is 10.5. The van der Waals surface area contributed by atoms with E-state index in [4.69, 9.17) is 9.26 Å². The first-order chi connectivity index (χ1) is 12.7. The molecule has 6 heteroatoms. The van der Waals surface area contributed by atoms with Crippen molar-refractivity contribution in [2.45, 2.75) is 26.7 Å². The number of nitrogens with one attached hydrogen (secondary N) is 1. The lowest BCUT2D eigenvalue weighted by Gasteiger charge is -2.06. The number of anilines is 1. The Balaban J connectivity index is 1.60. The number of para-hydroxylation sites is 1. The summed E-state index contributed by atoms with van der Waals surface area (Å²) in [5.74, 6) is 1.50. The smallest absolute Gasteiger partial charge is 0.227 e. The first kappa shape index (κ1) is 17.7. The van der Waals surface area contributed by atoms with Crippen molar-refractivity contribution in [1.82, 2.24) is 10.1 Å². The van der Waals surface area contributed by atoms with Crippen molar-refractivity contribution in [3.63, 3.8) is 0 Å². The Kier molecular flexibility index (Phi) is 5.63. The molecule has 1 amide bonds. The van der Waals surface area contributed by atoms with Crippen molar-refractivity contribution < 1.29 is 14.1 Å². The monoisotopic (exact) mass is 351 g/mol. The topological polar surface area (TPSA) is 77.2 Å². The lowest BCUT2D eigenvalue weighted by atomic mass is 10.2. The molecule has 0 unspecified atom stereocenters. The number of amides is 1. The van der Waals surface area contributed by atoms with Gasteiger partial charge in [0, 0.05) is 18.5 Å². The molecule has 0 saturated heterocycles. The number of carbonyl (C=O) groups is 1. The zero-order valence-electron chi connectivity index (χ0n) is 14.9. The molecular formula is C20H21N3O3. The number of aromatic nitrogens is 2. The zero-order valence-corrected chi connectivity index (χ0v) is 14.9. The summed E-state index contributed by atoms with van der Waals surface area (Å²) < 4.78 is 10.9. The number of carbonyl (C=O) groups excluding carboxylic acids is 1. The van der Waals surface area contributed by atoms with E-state index in [0.717, 1.165) is 16.8 Å². The number of rotatable bonds is 7. The summed E-state index contributed by atoms with van der Waals surface area (Å²) in [6, 6.07) is 15.2. The Hall–Kier alpha value is -3.15. The van der Waals surface area contributed by atoms with Crippen molar-refractivity contribution in [1.29, 1.82) is 0 Å². The van der Waals surface area contributed by atoms with Crippen LogP contribution in [-0.2, 0) is 11.2 Å². The maximum atomic E-state index is 12.1. The van der Waals surface area contributed by atoms with E-state index in [2.05, 4.69) is 15.5 Å². The van der Waals surface area contributed by atoms with Crippen LogP contribution in [0.1, 0.15) is 24.8 Å². The predicted molar refractivity (Wildman–Crippen MR) is 99.0 cm³/mol. The third-order valence-corrected chi connectivity index (χ3v) is 3.80. The molecule has 0 aliphatic carbocycles. The van der Waals surface area contributed by atoms with E-state index in [1.807, 2.05) is 62.4 Å². The summed E-state index contributed by atoms with van der Waals surface area (Å²) in [6.07, 6.45) is 0.643. The Morgan fingerprint density at radius 3 is 2.69 bits per heavy atom. The van der Waals surface area contributed by atoms with Crippen molar-refractivity contribution in [2.24, 2.45) is 0 Å². The quantitative estimate of drug-likeness (QED) is 0.696. The number of nitrogens with zero attached hydrogens (tertiary/aromatic N) is 2. The highest BCUT2D eigenvalue weighted by Crippen LogP contribution is 2.27. The number of benzene rings is 2. The third-order valence-electron chi connectivity index (χ3n) is 3.80. The SMILES string of the molecule is CCOc1ccccc1-c1noc(CCC(=O)Nc2ccc(C)cc2)n1. The third kappa shape index (κ3) is 4.47. The Morgan fingerprint density at radius 2 is 1.92 bits per heavy atom. The summed E-state index contributed by atoms with van der Waals surface area (Å²) >= 11 is 0. The number of hydrogen-bond donors (Lipinski definition) is 1. The van der Waals surface area contributed by atoms with Gasteiger partial charge in [-0.1, -0.05) is 35.0 Å². The summed E-state index contributed by atoms with van der Waals surface area (Å²) in [7, 11) is 0. The number of aryl methyl sites for hydroxylation is 2. The van der Waals surface area contributed by atoms with Crippen LogP contribution in [0.25, 0.3) is 11.4 Å². The van der Waals surface area contributed by atoms with Gasteiger partial charge in [0.15, 0.2) is 0 Å². The molecule has 0 spiro atoms. The molecule has 134 valence electrons. The summed E-state index contributed by atoms with van der Waals surface area (Å²) in [4.78, 5) is 16.4. The van der Waals surface area contributed by atoms with Crippen LogP contribution in [0.4, 0.5) is 5.69 Å². The molecule has 1 aromatic heterocycles. The second-order valence-electron chi connectivity index (χ2n) is 5.86. The fourth-order valence-corrected chi connectivity index (χ4v) is 2.48. The molecule has 6 nitrogen and oxygen atoms in total. The van der Waals surface area contributed by atoms with Gasteiger partial charge in [-0.25, -0.2) is 0 Å². The van der Waals surface area contributed by atoms with Gasteiger partial charge in [-0.05, 0) is 38.1 Å². The van der Waals surface area contributed by atoms with Crippen molar-refractivity contribution in [3.05, 3.63) is 60.0 Å². The van der Waals surface area contributed by atoms with Crippen LogP contribution in [0, 0.1) is 6.92 Å². The number of ether oxygens (including phenoxy) is 1. The van der Waals surface area contributed by atoms with Crippen LogP contribution < -0.4 is 10.1 Å². The molecule has 2 aromatic carbocycles. The van der Waals surface area contributed by atoms with Crippen LogP contribution >= 0.6 is 0 Å². The first-order valence-electron chi connectivity index (χ1n) is 8.57. The van der Waals surface area contributed by atoms with E-state index >= 15 is 0 Å². The number of hydrogen-bond acceptors (Lipinski definition) is 5. The van der Waals surface area contributed by atoms with E-state index in [-0.39, 0.29) is 12.3 Å². The molecule has 0 atom stereocenters. The maximum absolute atomic E-state index is 12.1. The molecule has 0 bridgehead atoms. The summed E-state index contributed by atoms with van der Waals surface area (Å²) in [5.41, 5.74) is 2.69. The standard InChI is InChI=1S/C20H21N3O3/c1-3-25-17-7-5-4-6-16(17)20-22-19(26-23-20)13-12-18(24)21-15-10-8-14(2)9-11-15/h4-11H,3,12-13H2,1-2H3,(H,21,24). The Labute approximate surface area is 152 Å². The summed E-state index contributed by atoms with van der Waals surface area (Å²) in [6.45, 7) is 4.48. The van der Waals surface area contributed by atoms with Gasteiger partial charge in [-0.2, -0.15) is 4.98 Å². The second-order valence-corrected chi connectivity index (χ2v) is 5.86. The minimum Gasteiger partial charge on any atom is -0.493 e. The van der Waals surface area contributed by atoms with E-state index in [1.54, 1.807) is 0 Å². The van der Waals surface area contributed by atoms with Crippen LogP contribution in [0.3, 0.4) is 0 Å². The lowest BCUT2D eigenvalue weighted by molar-refractivity contribution is -0.116. The highest BCUT2D eigenvalue weighted by atomic mass is 16.5. The average molecular weight is 351 g/mol. The first-order valence-corrected chi connectivity index (χ1v) is 8.57. The zero-order chi connectivity index (χ0) is 18.4. The van der Waals surface area contributed by atoms with Gasteiger partial charge >= 0.3 is 0 Å². The maximum Gasteiger partial charge on any atom is 0.227 e. The van der Waals surface area contributed by atoms with Gasteiger partial charge in [-0.15, -0.1) is 0 Å². The van der Waals surface area contributed by atoms with Crippen LogP contribution in [-0.4, -0.2) is 22.7 Å². The van der Waals surface area contributed by atoms with E-state index < -0.39 is 0 Å². The average Bonchev–Trinajstić information content (AvgIpc) is 3.12. The van der Waals surface area contributed by atoms with Gasteiger partial charge in [-0.3, -0.25) is 4.79 Å². The van der Waals surface area contributed by atoms with Gasteiger partial charge in [0.1, 0.15) is 5.75 Å². The van der Waals surface area contributed by atoms with E-state index in [1.165, 1.54) is 0 Å².